The van der Waals surface area contributed by atoms with E-state index < -0.39 is 14.9 Å². The Morgan fingerprint density at radius 2 is 1.85 bits per heavy atom. The summed E-state index contributed by atoms with van der Waals surface area (Å²) >= 11 is 0. The highest BCUT2D eigenvalue weighted by molar-refractivity contribution is 7.89. The van der Waals surface area contributed by atoms with Gasteiger partial charge in [0.15, 0.2) is 0 Å². The Kier molecular flexibility index (Phi) is 6.02. The smallest absolute Gasteiger partial charge is 0.293 e. The number of hydrogen-bond acceptors (Lipinski definition) is 6. The Bertz CT molecular complexity index is 791. The van der Waals surface area contributed by atoms with Crippen LogP contribution in [0.25, 0.3) is 0 Å². The third kappa shape index (κ3) is 4.09. The maximum atomic E-state index is 12.9. The second kappa shape index (κ2) is 8.12. The molecule has 1 aromatic rings. The Morgan fingerprint density at radius 1 is 1.15 bits per heavy atom. The molecule has 2 fully saturated rings. The number of anilines is 1. The molecule has 0 N–H and O–H groups in total. The summed E-state index contributed by atoms with van der Waals surface area (Å²) in [7, 11) is -1.77. The van der Waals surface area contributed by atoms with E-state index in [-0.39, 0.29) is 16.6 Å². The molecule has 0 aliphatic carbocycles. The van der Waals surface area contributed by atoms with Gasteiger partial charge in [-0.1, -0.05) is 6.92 Å². The van der Waals surface area contributed by atoms with Crippen molar-refractivity contribution in [3.8, 4) is 0 Å². The van der Waals surface area contributed by atoms with Crippen molar-refractivity contribution in [1.29, 1.82) is 0 Å². The second-order valence-corrected chi connectivity index (χ2v) is 9.30. The van der Waals surface area contributed by atoms with Gasteiger partial charge in [-0.2, -0.15) is 4.31 Å². The fourth-order valence-corrected chi connectivity index (χ4v) is 5.42. The molecule has 2 aliphatic heterocycles. The fraction of sp³-hybridized carbons (Fsp3) is 0.667. The Balaban J connectivity index is 1.95. The molecule has 150 valence electrons. The lowest BCUT2D eigenvalue weighted by Crippen LogP contribution is -2.47. The highest BCUT2D eigenvalue weighted by Gasteiger charge is 2.32. The number of nitrogens with zero attached hydrogens (tertiary/aromatic N) is 4. The average Bonchev–Trinajstić information content (AvgIpc) is 2.67. The van der Waals surface area contributed by atoms with Crippen LogP contribution < -0.4 is 4.90 Å². The minimum Gasteiger partial charge on any atom is -0.363 e. The van der Waals surface area contributed by atoms with Crippen LogP contribution >= 0.6 is 0 Å². The van der Waals surface area contributed by atoms with Crippen molar-refractivity contribution in [2.45, 2.75) is 43.5 Å². The van der Waals surface area contributed by atoms with Gasteiger partial charge in [-0.3, -0.25) is 10.1 Å². The number of piperidine rings is 1. The molecule has 3 rings (SSSR count). The predicted molar refractivity (Wildman–Crippen MR) is 105 cm³/mol. The highest BCUT2D eigenvalue weighted by atomic mass is 32.2. The summed E-state index contributed by atoms with van der Waals surface area (Å²) in [4.78, 5) is 15.4. The van der Waals surface area contributed by atoms with Gasteiger partial charge < -0.3 is 9.80 Å². The van der Waals surface area contributed by atoms with Crippen molar-refractivity contribution < 1.29 is 13.3 Å². The molecule has 0 bridgehead atoms. The van der Waals surface area contributed by atoms with Crippen molar-refractivity contribution in [2.75, 3.05) is 44.7 Å². The molecule has 0 aromatic heterocycles. The van der Waals surface area contributed by atoms with Crippen LogP contribution in [0.1, 0.15) is 32.6 Å². The van der Waals surface area contributed by atoms with Gasteiger partial charge in [0, 0.05) is 44.8 Å². The van der Waals surface area contributed by atoms with Gasteiger partial charge in [0.2, 0.25) is 10.0 Å². The van der Waals surface area contributed by atoms with E-state index >= 15 is 0 Å². The van der Waals surface area contributed by atoms with Crippen molar-refractivity contribution in [2.24, 2.45) is 0 Å². The maximum Gasteiger partial charge on any atom is 0.293 e. The second-order valence-electron chi connectivity index (χ2n) is 7.37. The Hall–Kier alpha value is -1.71. The Labute approximate surface area is 160 Å². The first-order valence-corrected chi connectivity index (χ1v) is 11.0. The van der Waals surface area contributed by atoms with Crippen molar-refractivity contribution in [3.05, 3.63) is 28.3 Å². The normalized spacial score (nSPS) is 22.7. The summed E-state index contributed by atoms with van der Waals surface area (Å²) in [6, 6.07) is 4.65. The highest BCUT2D eigenvalue weighted by Crippen LogP contribution is 2.36. The topological polar surface area (TPSA) is 87.0 Å². The lowest BCUT2D eigenvalue weighted by molar-refractivity contribution is -0.384. The number of sulfonamides is 1. The first kappa shape index (κ1) is 20.0. The van der Waals surface area contributed by atoms with E-state index in [1.165, 1.54) is 16.4 Å². The third-order valence-corrected chi connectivity index (χ3v) is 7.55. The van der Waals surface area contributed by atoms with Gasteiger partial charge in [0.25, 0.3) is 5.69 Å². The van der Waals surface area contributed by atoms with Crippen LogP contribution in [0.2, 0.25) is 0 Å². The monoisotopic (exact) mass is 396 g/mol. The molecule has 0 saturated carbocycles. The van der Waals surface area contributed by atoms with Crippen molar-refractivity contribution in [3.63, 3.8) is 0 Å². The van der Waals surface area contributed by atoms with E-state index in [0.717, 1.165) is 32.2 Å². The van der Waals surface area contributed by atoms with Gasteiger partial charge in [0.1, 0.15) is 5.69 Å². The van der Waals surface area contributed by atoms with Gasteiger partial charge >= 0.3 is 0 Å². The van der Waals surface area contributed by atoms with Crippen molar-refractivity contribution >= 4 is 21.4 Å². The molecule has 0 amide bonds. The van der Waals surface area contributed by atoms with E-state index in [4.69, 9.17) is 0 Å². The third-order valence-electron chi connectivity index (χ3n) is 5.65. The summed E-state index contributed by atoms with van der Waals surface area (Å²) in [5, 5.41) is 11.7. The zero-order valence-electron chi connectivity index (χ0n) is 16.0. The number of benzene rings is 1. The molecule has 1 atom stereocenters. The SMILES string of the molecule is CC[C@H]1CCCCN1c1ccc(S(=O)(=O)N2CCN(C)CC2)cc1[N+](=O)[O-]. The summed E-state index contributed by atoms with van der Waals surface area (Å²) in [5.74, 6) is 0. The number of nitro groups is 1. The molecule has 1 aromatic carbocycles. The predicted octanol–water partition coefficient (Wildman–Crippen LogP) is 2.30. The Morgan fingerprint density at radius 3 is 2.48 bits per heavy atom. The number of rotatable bonds is 5. The van der Waals surface area contributed by atoms with Crippen LogP contribution in [-0.2, 0) is 10.0 Å². The first-order chi connectivity index (χ1) is 12.8. The molecule has 2 heterocycles. The summed E-state index contributed by atoms with van der Waals surface area (Å²) in [5.41, 5.74) is 0.412. The number of likely N-dealkylation sites (N-methyl/N-ethyl adjacent to an activating group) is 1. The van der Waals surface area contributed by atoms with E-state index in [1.54, 1.807) is 6.07 Å². The zero-order valence-corrected chi connectivity index (χ0v) is 16.8. The zero-order chi connectivity index (χ0) is 19.6. The molecule has 2 saturated heterocycles. The van der Waals surface area contributed by atoms with E-state index in [0.29, 0.717) is 31.9 Å². The van der Waals surface area contributed by atoms with Crippen LogP contribution in [0.4, 0.5) is 11.4 Å². The number of piperazine rings is 1. The molecule has 27 heavy (non-hydrogen) atoms. The molecule has 2 aliphatic rings. The lowest BCUT2D eigenvalue weighted by atomic mass is 9.99. The van der Waals surface area contributed by atoms with Crippen LogP contribution in [0.3, 0.4) is 0 Å². The molecule has 0 unspecified atom stereocenters. The molecule has 9 heteroatoms. The van der Waals surface area contributed by atoms with Crippen LogP contribution in [0, 0.1) is 10.1 Å². The first-order valence-electron chi connectivity index (χ1n) is 9.58. The van der Waals surface area contributed by atoms with Gasteiger partial charge in [-0.05, 0) is 44.9 Å². The number of nitro benzene ring substituents is 1. The summed E-state index contributed by atoms with van der Waals surface area (Å²) in [6.07, 6.45) is 4.04. The molecule has 0 spiro atoms. The minimum absolute atomic E-state index is 0.00700. The average molecular weight is 397 g/mol. The molecular formula is C18H28N4O4S. The van der Waals surface area contributed by atoms with Gasteiger partial charge in [-0.15, -0.1) is 0 Å². The van der Waals surface area contributed by atoms with Crippen LogP contribution in [-0.4, -0.2) is 68.4 Å². The fourth-order valence-electron chi connectivity index (χ4n) is 3.97. The largest absolute Gasteiger partial charge is 0.363 e. The van der Waals surface area contributed by atoms with Crippen LogP contribution in [0.15, 0.2) is 23.1 Å². The maximum absolute atomic E-state index is 12.9. The lowest BCUT2D eigenvalue weighted by Gasteiger charge is -2.37. The molecular weight excluding hydrogens is 368 g/mol. The summed E-state index contributed by atoms with van der Waals surface area (Å²) in [6.45, 7) is 4.97. The quantitative estimate of drug-likeness (QED) is 0.561. The van der Waals surface area contributed by atoms with Gasteiger partial charge in [0.05, 0.1) is 9.82 Å². The van der Waals surface area contributed by atoms with E-state index in [9.17, 15) is 18.5 Å². The summed E-state index contributed by atoms with van der Waals surface area (Å²) < 4.78 is 27.3. The van der Waals surface area contributed by atoms with Crippen molar-refractivity contribution in [1.82, 2.24) is 9.21 Å². The van der Waals surface area contributed by atoms with Gasteiger partial charge in [-0.25, -0.2) is 8.42 Å². The standard InChI is InChI=1S/C18H28N4O4S/c1-3-15-6-4-5-9-21(15)17-8-7-16(14-18(17)22(23)24)27(25,26)20-12-10-19(2)11-13-20/h7-8,14-15H,3-6,9-13H2,1-2H3/t15-/m0/s1. The molecule has 0 radical (unpaired) electrons. The van der Waals surface area contributed by atoms with E-state index in [2.05, 4.69) is 16.7 Å². The van der Waals surface area contributed by atoms with E-state index in [1.807, 2.05) is 7.05 Å². The number of hydrogen-bond donors (Lipinski definition) is 0. The minimum atomic E-state index is -3.72. The van der Waals surface area contributed by atoms with Crippen LogP contribution in [0.5, 0.6) is 0 Å². The molecule has 8 nitrogen and oxygen atoms in total.